The lowest BCUT2D eigenvalue weighted by Gasteiger charge is -2.08. The average molecular weight is 375 g/mol. The van der Waals surface area contributed by atoms with Crippen LogP contribution in [0.1, 0.15) is 11.3 Å². The summed E-state index contributed by atoms with van der Waals surface area (Å²) in [7, 11) is 0. The molecule has 4 rings (SSSR count). The topological polar surface area (TPSA) is 46.4 Å². The van der Waals surface area contributed by atoms with Crippen LogP contribution in [0, 0.1) is 0 Å². The number of imidazole rings is 1. The molecule has 2 aromatic heterocycles. The van der Waals surface area contributed by atoms with E-state index in [4.69, 9.17) is 0 Å². The minimum atomic E-state index is -4.40. The van der Waals surface area contributed by atoms with E-state index in [9.17, 15) is 18.0 Å². The van der Waals surface area contributed by atoms with Gasteiger partial charge in [-0.2, -0.15) is 13.2 Å². The van der Waals surface area contributed by atoms with Gasteiger partial charge in [0.2, 0.25) is 5.91 Å². The molecular formula is C18H12F3N3OS. The lowest BCUT2D eigenvalue weighted by atomic mass is 10.2. The lowest BCUT2D eigenvalue weighted by molar-refractivity contribution is -0.137. The summed E-state index contributed by atoms with van der Waals surface area (Å²) in [4.78, 5) is 17.6. The standard InChI is InChI=1S/C18H12F3N3OS/c19-18(20,21)11-5-7-12(8-6-11)22-16(25)9-13-10-26-17-23-14-3-1-2-4-15(14)24(13)17/h1-8,10H,9H2,(H,22,25). The predicted octanol–water partition coefficient (Wildman–Crippen LogP) is 4.75. The van der Waals surface area contributed by atoms with E-state index in [1.807, 2.05) is 34.0 Å². The quantitative estimate of drug-likeness (QED) is 0.562. The number of anilines is 1. The maximum atomic E-state index is 12.6. The minimum Gasteiger partial charge on any atom is -0.326 e. The molecule has 0 saturated heterocycles. The lowest BCUT2D eigenvalue weighted by Crippen LogP contribution is -2.15. The Morgan fingerprint density at radius 1 is 1.12 bits per heavy atom. The molecule has 0 fully saturated rings. The number of rotatable bonds is 3. The van der Waals surface area contributed by atoms with Crippen LogP contribution in [0.2, 0.25) is 0 Å². The van der Waals surface area contributed by atoms with Crippen molar-refractivity contribution in [3.63, 3.8) is 0 Å². The fourth-order valence-corrected chi connectivity index (χ4v) is 3.67. The van der Waals surface area contributed by atoms with E-state index in [-0.39, 0.29) is 12.3 Å². The molecule has 0 spiro atoms. The Bertz CT molecular complexity index is 1100. The van der Waals surface area contributed by atoms with Crippen molar-refractivity contribution < 1.29 is 18.0 Å². The summed E-state index contributed by atoms with van der Waals surface area (Å²) in [6.45, 7) is 0. The smallest absolute Gasteiger partial charge is 0.326 e. The molecule has 1 N–H and O–H groups in total. The number of benzene rings is 2. The molecule has 4 nitrogen and oxygen atoms in total. The van der Waals surface area contributed by atoms with E-state index < -0.39 is 11.7 Å². The van der Waals surface area contributed by atoms with Gasteiger partial charge in [-0.15, -0.1) is 11.3 Å². The SMILES string of the molecule is O=C(Cc1csc2nc3ccccc3n12)Nc1ccc(C(F)(F)F)cc1. The van der Waals surface area contributed by atoms with Crippen molar-refractivity contribution in [3.8, 4) is 0 Å². The van der Waals surface area contributed by atoms with Gasteiger partial charge in [-0.25, -0.2) is 4.98 Å². The fraction of sp³-hybridized carbons (Fsp3) is 0.111. The van der Waals surface area contributed by atoms with Gasteiger partial charge in [0.25, 0.3) is 0 Å². The van der Waals surface area contributed by atoms with Crippen LogP contribution in [0.5, 0.6) is 0 Å². The van der Waals surface area contributed by atoms with Gasteiger partial charge >= 0.3 is 6.18 Å². The number of nitrogens with one attached hydrogen (secondary N) is 1. The third-order valence-electron chi connectivity index (χ3n) is 3.96. The van der Waals surface area contributed by atoms with Crippen LogP contribution in [-0.2, 0) is 17.4 Å². The molecule has 0 bridgehead atoms. The van der Waals surface area contributed by atoms with Crippen LogP contribution in [0.15, 0.2) is 53.9 Å². The zero-order valence-electron chi connectivity index (χ0n) is 13.2. The number of aromatic nitrogens is 2. The molecule has 8 heteroatoms. The Morgan fingerprint density at radius 2 is 1.85 bits per heavy atom. The van der Waals surface area contributed by atoms with Crippen LogP contribution in [0.4, 0.5) is 18.9 Å². The summed E-state index contributed by atoms with van der Waals surface area (Å²) in [6.07, 6.45) is -4.30. The Morgan fingerprint density at radius 3 is 2.58 bits per heavy atom. The number of alkyl halides is 3. The van der Waals surface area contributed by atoms with Gasteiger partial charge in [0.05, 0.1) is 23.0 Å². The number of para-hydroxylation sites is 2. The van der Waals surface area contributed by atoms with Gasteiger partial charge in [0.1, 0.15) is 0 Å². The van der Waals surface area contributed by atoms with Gasteiger partial charge in [-0.05, 0) is 36.4 Å². The van der Waals surface area contributed by atoms with Crippen molar-refractivity contribution >= 4 is 38.9 Å². The van der Waals surface area contributed by atoms with E-state index in [1.165, 1.54) is 23.5 Å². The van der Waals surface area contributed by atoms with Gasteiger partial charge in [0.15, 0.2) is 4.96 Å². The van der Waals surface area contributed by atoms with Crippen molar-refractivity contribution in [1.29, 1.82) is 0 Å². The minimum absolute atomic E-state index is 0.0986. The maximum Gasteiger partial charge on any atom is 0.416 e. The number of amides is 1. The average Bonchev–Trinajstić information content (AvgIpc) is 3.14. The molecule has 2 aromatic carbocycles. The molecule has 132 valence electrons. The summed E-state index contributed by atoms with van der Waals surface area (Å²) in [5.41, 5.74) is 2.12. The molecule has 0 aliphatic rings. The number of halogens is 3. The summed E-state index contributed by atoms with van der Waals surface area (Å²) in [5.74, 6) is -0.303. The van der Waals surface area contributed by atoms with E-state index in [0.29, 0.717) is 5.69 Å². The van der Waals surface area contributed by atoms with Gasteiger partial charge in [0, 0.05) is 16.8 Å². The monoisotopic (exact) mass is 375 g/mol. The second-order valence-corrected chi connectivity index (χ2v) is 6.58. The molecule has 1 amide bonds. The van der Waals surface area contributed by atoms with Crippen LogP contribution >= 0.6 is 11.3 Å². The van der Waals surface area contributed by atoms with Crippen molar-refractivity contribution in [1.82, 2.24) is 9.38 Å². The fourth-order valence-electron chi connectivity index (χ4n) is 2.77. The number of fused-ring (bicyclic) bond motifs is 3. The largest absolute Gasteiger partial charge is 0.416 e. The highest BCUT2D eigenvalue weighted by Crippen LogP contribution is 2.30. The van der Waals surface area contributed by atoms with E-state index >= 15 is 0 Å². The second kappa shape index (κ2) is 6.14. The highest BCUT2D eigenvalue weighted by molar-refractivity contribution is 7.15. The molecule has 4 aromatic rings. The van der Waals surface area contributed by atoms with E-state index in [0.717, 1.165) is 33.8 Å². The first-order valence-electron chi connectivity index (χ1n) is 7.72. The number of carbonyl (C=O) groups excluding carboxylic acids is 1. The summed E-state index contributed by atoms with van der Waals surface area (Å²) >= 11 is 1.44. The van der Waals surface area contributed by atoms with Gasteiger partial charge < -0.3 is 5.32 Å². The van der Waals surface area contributed by atoms with Crippen molar-refractivity contribution in [2.24, 2.45) is 0 Å². The Labute approximate surface area is 149 Å². The molecule has 0 atom stereocenters. The maximum absolute atomic E-state index is 12.6. The first kappa shape index (κ1) is 16.6. The van der Waals surface area contributed by atoms with Crippen molar-refractivity contribution in [3.05, 3.63) is 65.2 Å². The first-order valence-corrected chi connectivity index (χ1v) is 8.60. The molecule has 0 saturated carbocycles. The number of hydrogen-bond donors (Lipinski definition) is 1. The zero-order valence-corrected chi connectivity index (χ0v) is 14.1. The third kappa shape index (κ3) is 3.03. The van der Waals surface area contributed by atoms with Crippen LogP contribution in [0.25, 0.3) is 16.0 Å². The van der Waals surface area contributed by atoms with E-state index in [2.05, 4.69) is 10.3 Å². The molecule has 0 unspecified atom stereocenters. The molecule has 0 aliphatic carbocycles. The zero-order chi connectivity index (χ0) is 18.3. The molecular weight excluding hydrogens is 363 g/mol. The molecule has 0 radical (unpaired) electrons. The Hall–Kier alpha value is -2.87. The predicted molar refractivity (Wildman–Crippen MR) is 94.4 cm³/mol. The number of nitrogens with zero attached hydrogens (tertiary/aromatic N) is 2. The highest BCUT2D eigenvalue weighted by atomic mass is 32.1. The Kier molecular flexibility index (Phi) is 3.91. The summed E-state index contributed by atoms with van der Waals surface area (Å²) in [6, 6.07) is 12.0. The van der Waals surface area contributed by atoms with Gasteiger partial charge in [-0.3, -0.25) is 9.20 Å². The number of hydrogen-bond acceptors (Lipinski definition) is 3. The highest BCUT2D eigenvalue weighted by Gasteiger charge is 2.30. The number of carbonyl (C=O) groups is 1. The molecule has 0 aliphatic heterocycles. The Balaban J connectivity index is 1.54. The normalized spacial score (nSPS) is 12.0. The summed E-state index contributed by atoms with van der Waals surface area (Å²) < 4.78 is 39.7. The van der Waals surface area contributed by atoms with Crippen LogP contribution in [-0.4, -0.2) is 15.3 Å². The van der Waals surface area contributed by atoms with Gasteiger partial charge in [-0.1, -0.05) is 12.1 Å². The molecule has 2 heterocycles. The van der Waals surface area contributed by atoms with Crippen LogP contribution < -0.4 is 5.32 Å². The van der Waals surface area contributed by atoms with Crippen LogP contribution in [0.3, 0.4) is 0 Å². The summed E-state index contributed by atoms with van der Waals surface area (Å²) in [5, 5.41) is 4.49. The number of thiazole rings is 1. The molecule has 26 heavy (non-hydrogen) atoms. The van der Waals surface area contributed by atoms with Crippen molar-refractivity contribution in [2.45, 2.75) is 12.6 Å². The third-order valence-corrected chi connectivity index (χ3v) is 4.83. The van der Waals surface area contributed by atoms with Crippen molar-refractivity contribution in [2.75, 3.05) is 5.32 Å². The first-order chi connectivity index (χ1) is 12.4. The van der Waals surface area contributed by atoms with E-state index in [1.54, 1.807) is 0 Å². The second-order valence-electron chi connectivity index (χ2n) is 5.75.